The highest BCUT2D eigenvalue weighted by atomic mass is 32.1. The SMILES string of the molecule is C[13C](=O)c1nc(N)c2ncn([C@@H]3O[C@H](COP(=O)(O)OP(=O)(O)OCC(C)(C)[C@@H](O)C(=O)NCCC(=O)NCCS)[C@@H](OP(=O)(O)O)[C@H]3O)c2n1. The van der Waals surface area contributed by atoms with Crippen molar-refractivity contribution in [3.63, 3.8) is 0 Å². The van der Waals surface area contributed by atoms with Gasteiger partial charge in [0.2, 0.25) is 11.8 Å². The number of carbonyl (C=O) groups excluding carboxylic acids is 3. The smallest absolute Gasteiger partial charge is 0.386 e. The molecule has 0 aliphatic carbocycles. The Morgan fingerprint density at radius 3 is 2.35 bits per heavy atom. The molecule has 24 nitrogen and oxygen atoms in total. The second-order valence-corrected chi connectivity index (χ2v) is 16.2. The number of phosphoric acid groups is 3. The van der Waals surface area contributed by atoms with Crippen molar-refractivity contribution >= 4 is 70.7 Å². The Morgan fingerprint density at radius 2 is 1.75 bits per heavy atom. The zero-order valence-corrected chi connectivity index (χ0v) is 30.6. The number of aliphatic hydroxyl groups excluding tert-OH is 2. The number of Topliss-reactive ketones (excluding diaryl/α,β-unsaturated/α-hetero) is 1. The molecular formula is C23H38N7O17P3S. The number of aromatic nitrogens is 4. The van der Waals surface area contributed by atoms with Gasteiger partial charge in [0.05, 0.1) is 19.5 Å². The van der Waals surface area contributed by atoms with E-state index in [2.05, 4.69) is 47.0 Å². The Kier molecular flexibility index (Phi) is 14.4. The maximum Gasteiger partial charge on any atom is 0.481 e. The average molecular weight is 811 g/mol. The number of amides is 2. The molecule has 51 heavy (non-hydrogen) atoms. The molecular weight excluding hydrogens is 772 g/mol. The van der Waals surface area contributed by atoms with Crippen LogP contribution in [0.25, 0.3) is 11.2 Å². The molecule has 28 heteroatoms. The van der Waals surface area contributed by atoms with Crippen LogP contribution in [-0.2, 0) is 45.9 Å². The summed E-state index contributed by atoms with van der Waals surface area (Å²) >= 11 is 3.95. The zero-order valence-electron chi connectivity index (χ0n) is 27.0. The molecule has 3 rings (SSSR count). The summed E-state index contributed by atoms with van der Waals surface area (Å²) < 4.78 is 61.8. The summed E-state index contributed by atoms with van der Waals surface area (Å²) in [7, 11) is -16.5. The number of nitrogens with zero attached hydrogens (tertiary/aromatic N) is 4. The second kappa shape index (κ2) is 17.1. The summed E-state index contributed by atoms with van der Waals surface area (Å²) in [6, 6.07) is 0. The molecule has 3 heterocycles. The number of nitrogens with two attached hydrogens (primary N) is 1. The normalized spacial score (nSPS) is 22.6. The number of rotatable bonds is 19. The number of fused-ring (bicyclic) bond motifs is 1. The van der Waals surface area contributed by atoms with Crippen LogP contribution in [0.5, 0.6) is 0 Å². The van der Waals surface area contributed by atoms with Crippen molar-refractivity contribution in [3.8, 4) is 0 Å². The van der Waals surface area contributed by atoms with Crippen LogP contribution < -0.4 is 16.4 Å². The molecule has 2 amide bonds. The van der Waals surface area contributed by atoms with Gasteiger partial charge in [0, 0.05) is 37.6 Å². The van der Waals surface area contributed by atoms with Gasteiger partial charge in [-0.15, -0.1) is 0 Å². The molecule has 1 aliphatic heterocycles. The van der Waals surface area contributed by atoms with E-state index < -0.39 is 84.4 Å². The van der Waals surface area contributed by atoms with Crippen molar-refractivity contribution in [1.29, 1.82) is 0 Å². The van der Waals surface area contributed by atoms with Crippen LogP contribution in [0.1, 0.15) is 44.0 Å². The van der Waals surface area contributed by atoms with Crippen molar-refractivity contribution < 1.29 is 80.5 Å². The van der Waals surface area contributed by atoms with Crippen LogP contribution in [-0.4, -0.2) is 123 Å². The van der Waals surface area contributed by atoms with Crippen LogP contribution in [0.2, 0.25) is 0 Å². The third-order valence-corrected chi connectivity index (χ3v) is 10.2. The summed E-state index contributed by atoms with van der Waals surface area (Å²) in [5.74, 6) is -2.10. The van der Waals surface area contributed by atoms with Gasteiger partial charge in [0.25, 0.3) is 0 Å². The summed E-state index contributed by atoms with van der Waals surface area (Å²) in [6.45, 7) is 1.74. The van der Waals surface area contributed by atoms with Crippen molar-refractivity contribution in [1.82, 2.24) is 30.2 Å². The van der Waals surface area contributed by atoms with Gasteiger partial charge in [-0.1, -0.05) is 13.8 Å². The number of nitrogens with one attached hydrogen (secondary N) is 2. The monoisotopic (exact) mass is 810 g/mol. The van der Waals surface area contributed by atoms with Crippen LogP contribution in [0.15, 0.2) is 6.33 Å². The molecule has 1 fully saturated rings. The van der Waals surface area contributed by atoms with Gasteiger partial charge < -0.3 is 50.9 Å². The second-order valence-electron chi connectivity index (χ2n) is 11.5. The Morgan fingerprint density at radius 1 is 1.10 bits per heavy atom. The molecule has 0 radical (unpaired) electrons. The van der Waals surface area contributed by atoms with E-state index in [0.717, 1.165) is 17.8 Å². The Hall–Kier alpha value is -2.44. The maximum absolute atomic E-state index is 12.6. The van der Waals surface area contributed by atoms with E-state index in [1.54, 1.807) is 0 Å². The molecule has 0 bridgehead atoms. The average Bonchev–Trinajstić information content (AvgIpc) is 3.57. The highest BCUT2D eigenvalue weighted by Crippen LogP contribution is 2.61. The van der Waals surface area contributed by atoms with Gasteiger partial charge >= 0.3 is 23.5 Å². The molecule has 0 spiro atoms. The van der Waals surface area contributed by atoms with Crippen molar-refractivity contribution in [2.24, 2.45) is 5.41 Å². The van der Waals surface area contributed by atoms with E-state index in [1.165, 1.54) is 13.8 Å². The summed E-state index contributed by atoms with van der Waals surface area (Å²) in [6.07, 6.45) is -8.30. The Labute approximate surface area is 294 Å². The zero-order chi connectivity index (χ0) is 38.5. The number of anilines is 1. The number of ether oxygens (including phenoxy) is 1. The van der Waals surface area contributed by atoms with Crippen molar-refractivity contribution in [2.45, 2.75) is 57.8 Å². The number of phosphoric ester groups is 3. The largest absolute Gasteiger partial charge is 0.481 e. The number of thiol groups is 1. The molecule has 10 N–H and O–H groups in total. The van der Waals surface area contributed by atoms with Gasteiger partial charge in [-0.25, -0.2) is 28.6 Å². The lowest BCUT2D eigenvalue weighted by atomic mass is 9.87. The highest BCUT2D eigenvalue weighted by molar-refractivity contribution is 7.80. The first-order chi connectivity index (χ1) is 23.5. The van der Waals surface area contributed by atoms with Crippen LogP contribution in [0.4, 0.5) is 5.82 Å². The molecule has 1 saturated heterocycles. The van der Waals surface area contributed by atoms with Gasteiger partial charge in [-0.2, -0.15) is 16.9 Å². The third kappa shape index (κ3) is 12.0. The first kappa shape index (κ1) is 43.0. The van der Waals surface area contributed by atoms with Crippen LogP contribution >= 0.6 is 36.1 Å². The Balaban J connectivity index is 1.66. The minimum absolute atomic E-state index is 0.0456. The first-order valence-electron chi connectivity index (χ1n) is 14.5. The fourth-order valence-electron chi connectivity index (χ4n) is 4.36. The molecule has 288 valence electrons. The lowest BCUT2D eigenvalue weighted by Crippen LogP contribution is -2.46. The van der Waals surface area contributed by atoms with Gasteiger partial charge in [0.1, 0.15) is 29.9 Å². The number of nitrogen functional groups attached to an aromatic ring is 1. The Bertz CT molecular complexity index is 1740. The number of imidazole rings is 1. The highest BCUT2D eigenvalue weighted by Gasteiger charge is 2.50. The number of carbonyl (C=O) groups is 3. The van der Waals surface area contributed by atoms with Crippen LogP contribution in [0.3, 0.4) is 0 Å². The van der Waals surface area contributed by atoms with E-state index >= 15 is 0 Å². The van der Waals surface area contributed by atoms with Gasteiger partial charge in [-0.05, 0) is 0 Å². The fraction of sp³-hybridized carbons (Fsp3) is 0.652. The lowest BCUT2D eigenvalue weighted by molar-refractivity contribution is -0.137. The molecule has 0 saturated carbocycles. The molecule has 2 unspecified atom stereocenters. The maximum atomic E-state index is 12.6. The van der Waals surface area contributed by atoms with E-state index in [-0.39, 0.29) is 41.7 Å². The fourth-order valence-corrected chi connectivity index (χ4v) is 7.30. The molecule has 2 aromatic rings. The number of hydrogen-bond donors (Lipinski definition) is 10. The van der Waals surface area contributed by atoms with Crippen LogP contribution in [0, 0.1) is 5.41 Å². The number of hydrogen-bond acceptors (Lipinski definition) is 18. The van der Waals surface area contributed by atoms with Crippen molar-refractivity contribution in [2.75, 3.05) is 37.8 Å². The summed E-state index contributed by atoms with van der Waals surface area (Å²) in [5.41, 5.74) is 4.04. The quantitative estimate of drug-likeness (QED) is 0.0335. The number of aliphatic hydroxyl groups is 2. The lowest BCUT2D eigenvalue weighted by Gasteiger charge is -2.30. The van der Waals surface area contributed by atoms with Gasteiger partial charge in [-0.3, -0.25) is 32.5 Å². The predicted molar refractivity (Wildman–Crippen MR) is 173 cm³/mol. The van der Waals surface area contributed by atoms with Crippen molar-refractivity contribution in [3.05, 3.63) is 12.2 Å². The minimum atomic E-state index is -5.59. The topological polar surface area (TPSA) is 364 Å². The minimum Gasteiger partial charge on any atom is -0.386 e. The van der Waals surface area contributed by atoms with Gasteiger partial charge in [0.15, 0.2) is 29.3 Å². The third-order valence-electron chi connectivity index (χ3n) is 6.89. The molecule has 1 aliphatic rings. The molecule has 7 atom stereocenters. The standard InChI is InChI=1S/C23H38N7O17P3S/c1-11(31)19-28-18(24)14-20(29-19)30(10-27-14)22-15(33)16(46-48(36,37)38)12(45-22)8-43-49(39,40)47-50(41,42)44-9-23(2,3)17(34)21(35)26-5-4-13(32)25-6-7-51/h10,12,15-17,22,33-34,51H,4-9H2,1-3H3,(H,25,32)(H,26,35)(H,39,40)(H,41,42)(H2,24,28,29)(H2,36,37,38)/t12-,15-,16-,17+,22-/m1/s1/i11+1. The molecule has 2 aromatic heterocycles. The summed E-state index contributed by atoms with van der Waals surface area (Å²) in [4.78, 5) is 86.8. The first-order valence-corrected chi connectivity index (χ1v) is 19.7. The summed E-state index contributed by atoms with van der Waals surface area (Å²) in [5, 5.41) is 26.2. The van der Waals surface area contributed by atoms with E-state index in [4.69, 9.17) is 19.5 Å². The van der Waals surface area contributed by atoms with E-state index in [1.807, 2.05) is 0 Å². The molecule has 0 aromatic carbocycles. The van der Waals surface area contributed by atoms with E-state index in [0.29, 0.717) is 12.3 Å². The number of ketones is 1. The predicted octanol–water partition coefficient (Wildman–Crippen LogP) is -1.46. The van der Waals surface area contributed by atoms with E-state index in [9.17, 15) is 57.9 Å².